The maximum atomic E-state index is 14.3. The van der Waals surface area contributed by atoms with Crippen LogP contribution < -0.4 is 4.74 Å². The van der Waals surface area contributed by atoms with E-state index in [-0.39, 0.29) is 18.5 Å². The van der Waals surface area contributed by atoms with Crippen LogP contribution in [-0.2, 0) is 24.4 Å². The van der Waals surface area contributed by atoms with Crippen LogP contribution in [0.3, 0.4) is 0 Å². The summed E-state index contributed by atoms with van der Waals surface area (Å²) in [5, 5.41) is 9.96. The van der Waals surface area contributed by atoms with Gasteiger partial charge < -0.3 is 14.4 Å². The van der Waals surface area contributed by atoms with Crippen molar-refractivity contribution in [2.45, 2.75) is 26.0 Å². The third-order valence-corrected chi connectivity index (χ3v) is 6.91. The third kappa shape index (κ3) is 6.05. The number of halogens is 4. The summed E-state index contributed by atoms with van der Waals surface area (Å²) in [5.41, 5.74) is 3.82. The van der Waals surface area contributed by atoms with Gasteiger partial charge in [0.15, 0.2) is 11.6 Å². The molecule has 9 heteroatoms. The van der Waals surface area contributed by atoms with Gasteiger partial charge in [-0.25, -0.2) is 13.8 Å². The van der Waals surface area contributed by atoms with Gasteiger partial charge in [0.1, 0.15) is 18.2 Å². The molecule has 1 heterocycles. The van der Waals surface area contributed by atoms with Crippen molar-refractivity contribution < 1.29 is 23.4 Å². The molecule has 0 bridgehead atoms. The Hall–Kier alpha value is -3.94. The first-order chi connectivity index (χ1) is 18.8. The van der Waals surface area contributed by atoms with Crippen molar-refractivity contribution in [2.75, 3.05) is 0 Å². The molecule has 198 valence electrons. The average molecular weight is 567 g/mol. The minimum absolute atomic E-state index is 0.0357. The van der Waals surface area contributed by atoms with Crippen LogP contribution in [0, 0.1) is 11.6 Å². The highest BCUT2D eigenvalue weighted by Gasteiger charge is 2.20. The highest BCUT2D eigenvalue weighted by Crippen LogP contribution is 2.36. The monoisotopic (exact) mass is 566 g/mol. The Morgan fingerprint density at radius 3 is 2.38 bits per heavy atom. The van der Waals surface area contributed by atoms with Gasteiger partial charge in [-0.05, 0) is 41.8 Å². The number of fused-ring (bicyclic) bond motifs is 1. The Bertz CT molecular complexity index is 1670. The Balaban J connectivity index is 1.56. The van der Waals surface area contributed by atoms with E-state index >= 15 is 0 Å². The lowest BCUT2D eigenvalue weighted by Crippen LogP contribution is -2.05. The Labute approximate surface area is 233 Å². The standard InChI is InChI=1S/C30H22Cl2F2N2O3/c31-21-10-11-22(28(13-21)39-17-20-3-1-2-4-23(20)32)30-35-26-14-24(33)25(34)15-27(26)36(30)16-19-7-5-18(6-8-19)9-12-29(37)38/h1-8,10-11,13-15H,9,12,16-17H2,(H,37,38). The first kappa shape index (κ1) is 26.7. The zero-order chi connectivity index (χ0) is 27.5. The van der Waals surface area contributed by atoms with Gasteiger partial charge in [0, 0.05) is 40.7 Å². The second-order valence-electron chi connectivity index (χ2n) is 9.01. The molecule has 1 aromatic heterocycles. The van der Waals surface area contributed by atoms with E-state index in [1.54, 1.807) is 28.8 Å². The number of ether oxygens (including phenoxy) is 1. The SMILES string of the molecule is O=C(O)CCc1ccc(Cn2c(-c3ccc(Cl)cc3OCc3ccccc3Cl)nc3cc(F)c(F)cc32)cc1. The molecule has 0 saturated carbocycles. The molecule has 0 aliphatic carbocycles. The average Bonchev–Trinajstić information content (AvgIpc) is 3.24. The molecule has 0 radical (unpaired) electrons. The molecule has 0 unspecified atom stereocenters. The van der Waals surface area contributed by atoms with Crippen molar-refractivity contribution in [3.05, 3.63) is 117 Å². The minimum Gasteiger partial charge on any atom is -0.488 e. The van der Waals surface area contributed by atoms with Crippen LogP contribution >= 0.6 is 23.2 Å². The molecule has 5 aromatic rings. The number of rotatable bonds is 9. The number of carbonyl (C=O) groups is 1. The second kappa shape index (κ2) is 11.4. The molecule has 4 aromatic carbocycles. The van der Waals surface area contributed by atoms with Crippen LogP contribution in [0.5, 0.6) is 5.75 Å². The summed E-state index contributed by atoms with van der Waals surface area (Å²) in [4.78, 5) is 15.6. The molecule has 1 N–H and O–H groups in total. The number of benzene rings is 4. The zero-order valence-electron chi connectivity index (χ0n) is 20.5. The predicted molar refractivity (Wildman–Crippen MR) is 147 cm³/mol. The molecule has 0 atom stereocenters. The highest BCUT2D eigenvalue weighted by atomic mass is 35.5. The number of hydrogen-bond acceptors (Lipinski definition) is 3. The molecular formula is C30H22Cl2F2N2O3. The lowest BCUT2D eigenvalue weighted by molar-refractivity contribution is -0.136. The third-order valence-electron chi connectivity index (χ3n) is 6.31. The normalized spacial score (nSPS) is 11.2. The lowest BCUT2D eigenvalue weighted by Gasteiger charge is -2.15. The van der Waals surface area contributed by atoms with E-state index in [9.17, 15) is 13.6 Å². The van der Waals surface area contributed by atoms with E-state index in [4.69, 9.17) is 33.0 Å². The lowest BCUT2D eigenvalue weighted by atomic mass is 10.1. The number of hydrogen-bond donors (Lipinski definition) is 1. The Kier molecular flexibility index (Phi) is 7.82. The molecule has 0 fully saturated rings. The molecule has 5 nitrogen and oxygen atoms in total. The first-order valence-corrected chi connectivity index (χ1v) is 12.8. The van der Waals surface area contributed by atoms with E-state index in [0.717, 1.165) is 28.8 Å². The fraction of sp³-hybridized carbons (Fsp3) is 0.133. The molecule has 0 amide bonds. The zero-order valence-corrected chi connectivity index (χ0v) is 22.0. The summed E-state index contributed by atoms with van der Waals surface area (Å²) in [7, 11) is 0. The van der Waals surface area contributed by atoms with Gasteiger partial charge in [-0.1, -0.05) is 65.7 Å². The van der Waals surface area contributed by atoms with Crippen LogP contribution in [0.15, 0.2) is 78.9 Å². The van der Waals surface area contributed by atoms with E-state index in [2.05, 4.69) is 4.98 Å². The number of imidazole rings is 1. The summed E-state index contributed by atoms with van der Waals surface area (Å²) in [6, 6.07) is 22.1. The van der Waals surface area contributed by atoms with Crippen LogP contribution in [0.25, 0.3) is 22.4 Å². The number of aliphatic carboxylic acids is 1. The van der Waals surface area contributed by atoms with Crippen molar-refractivity contribution in [3.8, 4) is 17.1 Å². The van der Waals surface area contributed by atoms with E-state index in [0.29, 0.717) is 45.7 Å². The van der Waals surface area contributed by atoms with Crippen molar-refractivity contribution in [1.82, 2.24) is 9.55 Å². The number of aromatic nitrogens is 2. The quantitative estimate of drug-likeness (QED) is 0.197. The Morgan fingerprint density at radius 1 is 0.923 bits per heavy atom. The number of carboxylic acids is 1. The number of carboxylic acid groups (broad SMARTS) is 1. The molecule has 39 heavy (non-hydrogen) atoms. The number of nitrogens with zero attached hydrogens (tertiary/aromatic N) is 2. The molecule has 0 saturated heterocycles. The van der Waals surface area contributed by atoms with Crippen LogP contribution in [0.2, 0.25) is 10.0 Å². The van der Waals surface area contributed by atoms with Gasteiger partial charge in [0.2, 0.25) is 0 Å². The topological polar surface area (TPSA) is 64.3 Å². The van der Waals surface area contributed by atoms with Crippen LogP contribution in [-0.4, -0.2) is 20.6 Å². The van der Waals surface area contributed by atoms with Gasteiger partial charge in [-0.2, -0.15) is 0 Å². The van der Waals surface area contributed by atoms with Gasteiger partial charge >= 0.3 is 5.97 Å². The summed E-state index contributed by atoms with van der Waals surface area (Å²) >= 11 is 12.6. The number of aryl methyl sites for hydroxylation is 1. The van der Waals surface area contributed by atoms with Gasteiger partial charge in [0.25, 0.3) is 0 Å². The summed E-state index contributed by atoms with van der Waals surface area (Å²) in [6.45, 7) is 0.469. The maximum absolute atomic E-state index is 14.3. The van der Waals surface area contributed by atoms with E-state index in [1.807, 2.05) is 42.5 Å². The summed E-state index contributed by atoms with van der Waals surface area (Å²) < 4.78 is 36.4. The van der Waals surface area contributed by atoms with Crippen molar-refractivity contribution in [2.24, 2.45) is 0 Å². The minimum atomic E-state index is -0.993. The fourth-order valence-electron chi connectivity index (χ4n) is 4.30. The molecule has 5 rings (SSSR count). The molecular weight excluding hydrogens is 545 g/mol. The highest BCUT2D eigenvalue weighted by molar-refractivity contribution is 6.31. The van der Waals surface area contributed by atoms with Crippen LogP contribution in [0.4, 0.5) is 8.78 Å². The summed E-state index contributed by atoms with van der Waals surface area (Å²) in [6.07, 6.45) is 0.449. The second-order valence-corrected chi connectivity index (χ2v) is 9.85. The van der Waals surface area contributed by atoms with Gasteiger partial charge in [0.05, 0.1) is 16.6 Å². The van der Waals surface area contributed by atoms with E-state index in [1.165, 1.54) is 0 Å². The fourth-order valence-corrected chi connectivity index (χ4v) is 4.65. The van der Waals surface area contributed by atoms with Crippen molar-refractivity contribution >= 4 is 40.2 Å². The van der Waals surface area contributed by atoms with Crippen molar-refractivity contribution in [3.63, 3.8) is 0 Å². The van der Waals surface area contributed by atoms with Crippen LogP contribution in [0.1, 0.15) is 23.1 Å². The maximum Gasteiger partial charge on any atom is 0.303 e. The van der Waals surface area contributed by atoms with E-state index < -0.39 is 17.6 Å². The summed E-state index contributed by atoms with van der Waals surface area (Å²) in [5.74, 6) is -1.96. The molecule has 0 aliphatic heterocycles. The van der Waals surface area contributed by atoms with Gasteiger partial charge in [-0.15, -0.1) is 0 Å². The first-order valence-electron chi connectivity index (χ1n) is 12.1. The molecule has 0 aliphatic rings. The van der Waals surface area contributed by atoms with Gasteiger partial charge in [-0.3, -0.25) is 4.79 Å². The predicted octanol–water partition coefficient (Wildman–Crippen LogP) is 7.93. The smallest absolute Gasteiger partial charge is 0.303 e. The largest absolute Gasteiger partial charge is 0.488 e. The Morgan fingerprint density at radius 2 is 1.64 bits per heavy atom. The molecule has 0 spiro atoms. The van der Waals surface area contributed by atoms with Crippen molar-refractivity contribution in [1.29, 1.82) is 0 Å².